The molecule has 1 aromatic carbocycles. The fraction of sp³-hybridized carbons (Fsp3) is 0.231. The van der Waals surface area contributed by atoms with Crippen molar-refractivity contribution in [3.8, 4) is 0 Å². The minimum Gasteiger partial charge on any atom is -0.320 e. The third kappa shape index (κ3) is 3.19. The highest BCUT2D eigenvalue weighted by atomic mass is 79.9. The van der Waals surface area contributed by atoms with Crippen molar-refractivity contribution in [1.82, 2.24) is 0 Å². The first-order valence-corrected chi connectivity index (χ1v) is 7.57. The molecule has 0 aliphatic carbocycles. The average Bonchev–Trinajstić information content (AvgIpc) is 2.68. The summed E-state index contributed by atoms with van der Waals surface area (Å²) in [5.41, 5.74) is 6.57. The molecule has 0 bridgehead atoms. The first-order chi connectivity index (χ1) is 9.20. The Morgan fingerprint density at radius 1 is 1.30 bits per heavy atom. The van der Waals surface area contributed by atoms with E-state index in [0.717, 1.165) is 16.5 Å². The molecule has 1 atom stereocenters. The number of benzene rings is 1. The summed E-state index contributed by atoms with van der Waals surface area (Å²) in [4.78, 5) is 0.739. The van der Waals surface area contributed by atoms with E-state index in [-0.39, 0.29) is 4.47 Å². The Morgan fingerprint density at radius 2 is 1.95 bits per heavy atom. The fourth-order valence-electron chi connectivity index (χ4n) is 1.75. The molecular weight excluding hydrogens is 375 g/mol. The van der Waals surface area contributed by atoms with Crippen LogP contribution >= 0.6 is 38.9 Å². The van der Waals surface area contributed by atoms with Crippen molar-refractivity contribution in [1.29, 1.82) is 0 Å². The minimum atomic E-state index is -4.42. The first kappa shape index (κ1) is 15.8. The summed E-state index contributed by atoms with van der Waals surface area (Å²) in [6.07, 6.45) is -4.42. The summed E-state index contributed by atoms with van der Waals surface area (Å²) in [7, 11) is 0. The molecule has 7 heteroatoms. The van der Waals surface area contributed by atoms with Crippen LogP contribution < -0.4 is 5.73 Å². The molecule has 108 valence electrons. The average molecular weight is 385 g/mol. The number of halogens is 5. The third-order valence-electron chi connectivity index (χ3n) is 2.84. The van der Waals surface area contributed by atoms with Gasteiger partial charge in [0.1, 0.15) is 0 Å². The van der Waals surface area contributed by atoms with Gasteiger partial charge in [-0.3, -0.25) is 0 Å². The van der Waals surface area contributed by atoms with Gasteiger partial charge in [-0.2, -0.15) is 13.2 Å². The molecule has 0 spiro atoms. The van der Waals surface area contributed by atoms with Gasteiger partial charge in [0.25, 0.3) is 0 Å². The van der Waals surface area contributed by atoms with Crippen molar-refractivity contribution < 1.29 is 13.2 Å². The van der Waals surface area contributed by atoms with Crippen molar-refractivity contribution in [2.45, 2.75) is 19.1 Å². The van der Waals surface area contributed by atoms with E-state index in [9.17, 15) is 13.2 Å². The van der Waals surface area contributed by atoms with E-state index in [1.54, 1.807) is 12.1 Å². The summed E-state index contributed by atoms with van der Waals surface area (Å²) < 4.78 is 39.2. The highest BCUT2D eigenvalue weighted by Gasteiger charge is 2.33. The van der Waals surface area contributed by atoms with Crippen molar-refractivity contribution in [3.05, 3.63) is 54.6 Å². The molecule has 0 aliphatic heterocycles. The third-order valence-corrected chi connectivity index (χ3v) is 5.17. The molecule has 0 radical (unpaired) electrons. The maximum Gasteiger partial charge on any atom is 0.417 e. The summed E-state index contributed by atoms with van der Waals surface area (Å²) in [5.74, 6) is 0. The lowest BCUT2D eigenvalue weighted by Crippen LogP contribution is -2.13. The number of hydrogen-bond acceptors (Lipinski definition) is 2. The molecule has 1 nitrogen and oxygen atoms in total. The maximum atomic E-state index is 12.9. The smallest absolute Gasteiger partial charge is 0.320 e. The molecule has 0 saturated carbocycles. The zero-order chi connectivity index (χ0) is 15.1. The molecular formula is C13H10BrClF3NS. The largest absolute Gasteiger partial charge is 0.417 e. The fourth-order valence-corrected chi connectivity index (χ4v) is 3.47. The molecule has 20 heavy (non-hydrogen) atoms. The van der Waals surface area contributed by atoms with Crippen LogP contribution in [-0.4, -0.2) is 0 Å². The Kier molecular flexibility index (Phi) is 4.49. The van der Waals surface area contributed by atoms with Gasteiger partial charge in [-0.15, -0.1) is 11.3 Å². The zero-order valence-corrected chi connectivity index (χ0v) is 13.4. The second-order valence-electron chi connectivity index (χ2n) is 4.32. The molecule has 0 amide bonds. The Labute approximate surface area is 131 Å². The number of nitrogens with two attached hydrogens (primary N) is 1. The van der Waals surface area contributed by atoms with Gasteiger partial charge in [0.15, 0.2) is 0 Å². The molecule has 0 saturated heterocycles. The van der Waals surface area contributed by atoms with Gasteiger partial charge in [0.2, 0.25) is 0 Å². The first-order valence-electron chi connectivity index (χ1n) is 5.58. The van der Waals surface area contributed by atoms with E-state index in [4.69, 9.17) is 17.3 Å². The van der Waals surface area contributed by atoms with Gasteiger partial charge in [0, 0.05) is 9.35 Å². The lowest BCUT2D eigenvalue weighted by atomic mass is 10.0. The summed E-state index contributed by atoms with van der Waals surface area (Å²) in [5, 5.41) is 0. The lowest BCUT2D eigenvalue weighted by molar-refractivity contribution is -0.138. The molecule has 2 aromatic rings. The van der Waals surface area contributed by atoms with Crippen LogP contribution in [0.4, 0.5) is 13.2 Å². The molecule has 0 fully saturated rings. The van der Waals surface area contributed by atoms with Crippen molar-refractivity contribution in [3.63, 3.8) is 0 Å². The van der Waals surface area contributed by atoms with E-state index in [1.807, 2.05) is 6.92 Å². The van der Waals surface area contributed by atoms with Crippen LogP contribution in [0.1, 0.15) is 27.6 Å². The molecule has 1 heterocycles. The second kappa shape index (κ2) is 5.67. The summed E-state index contributed by atoms with van der Waals surface area (Å²) in [6.45, 7) is 1.83. The predicted octanol–water partition coefficient (Wildman–Crippen LogP) is 5.54. The second-order valence-corrected chi connectivity index (χ2v) is 6.86. The van der Waals surface area contributed by atoms with Crippen LogP contribution in [0, 0.1) is 6.92 Å². The van der Waals surface area contributed by atoms with Gasteiger partial charge in [-0.25, -0.2) is 0 Å². The van der Waals surface area contributed by atoms with Crippen LogP contribution in [0.2, 0.25) is 4.34 Å². The number of alkyl halides is 3. The van der Waals surface area contributed by atoms with Gasteiger partial charge >= 0.3 is 6.18 Å². The molecule has 0 aliphatic rings. The van der Waals surface area contributed by atoms with E-state index in [1.165, 1.54) is 17.4 Å². The quantitative estimate of drug-likeness (QED) is 0.723. The van der Waals surface area contributed by atoms with Crippen molar-refractivity contribution >= 4 is 38.9 Å². The molecule has 1 aromatic heterocycles. The number of hydrogen-bond donors (Lipinski definition) is 1. The van der Waals surface area contributed by atoms with Crippen LogP contribution in [-0.2, 0) is 6.18 Å². The Balaban J connectivity index is 2.43. The molecule has 2 N–H and O–H groups in total. The zero-order valence-electron chi connectivity index (χ0n) is 10.3. The normalized spacial score (nSPS) is 13.6. The monoisotopic (exact) mass is 383 g/mol. The number of aryl methyl sites for hydroxylation is 1. The van der Waals surface area contributed by atoms with Crippen molar-refractivity contribution in [2.24, 2.45) is 5.73 Å². The Morgan fingerprint density at radius 3 is 2.45 bits per heavy atom. The predicted molar refractivity (Wildman–Crippen MR) is 79.2 cm³/mol. The van der Waals surface area contributed by atoms with Crippen LogP contribution in [0.5, 0.6) is 0 Å². The highest BCUT2D eigenvalue weighted by molar-refractivity contribution is 9.10. The maximum absolute atomic E-state index is 12.9. The Bertz CT molecular complexity index is 620. The summed E-state index contributed by atoms with van der Waals surface area (Å²) in [6, 6.07) is 5.18. The Hall–Kier alpha value is -0.560. The van der Waals surface area contributed by atoms with Gasteiger partial charge in [-0.1, -0.05) is 33.6 Å². The number of thiophene rings is 1. The van der Waals surface area contributed by atoms with Gasteiger partial charge in [-0.05, 0) is 36.2 Å². The van der Waals surface area contributed by atoms with E-state index >= 15 is 0 Å². The van der Waals surface area contributed by atoms with Gasteiger partial charge in [0.05, 0.1) is 15.9 Å². The van der Waals surface area contributed by atoms with Gasteiger partial charge < -0.3 is 5.73 Å². The highest BCUT2D eigenvalue weighted by Crippen LogP contribution is 2.38. The van der Waals surface area contributed by atoms with E-state index < -0.39 is 17.8 Å². The van der Waals surface area contributed by atoms with Crippen LogP contribution in [0.15, 0.2) is 28.7 Å². The van der Waals surface area contributed by atoms with Crippen LogP contribution in [0.25, 0.3) is 0 Å². The van der Waals surface area contributed by atoms with Crippen LogP contribution in [0.3, 0.4) is 0 Å². The standard InChI is InChI=1S/C13H10BrClF3NS/c1-6-4-10(20-12(6)15)11(19)7-2-3-9(14)8(5-7)13(16,17)18/h2-5,11H,19H2,1H3. The van der Waals surface area contributed by atoms with Crippen molar-refractivity contribution in [2.75, 3.05) is 0 Å². The van der Waals surface area contributed by atoms with E-state index in [2.05, 4.69) is 15.9 Å². The van der Waals surface area contributed by atoms with E-state index in [0.29, 0.717) is 9.90 Å². The molecule has 1 unspecified atom stereocenters. The minimum absolute atomic E-state index is 0.00124. The summed E-state index contributed by atoms with van der Waals surface area (Å²) >= 11 is 10.2. The number of rotatable bonds is 2. The molecule has 2 rings (SSSR count). The topological polar surface area (TPSA) is 26.0 Å². The lowest BCUT2D eigenvalue weighted by Gasteiger charge is -2.14. The SMILES string of the molecule is Cc1cc(C(N)c2ccc(Br)c(C(F)(F)F)c2)sc1Cl.